The molecule has 0 saturated heterocycles. The zero-order chi connectivity index (χ0) is 8.97. The molecule has 0 aromatic carbocycles. The first-order chi connectivity index (χ1) is 5.77. The van der Waals surface area contributed by atoms with Crippen LogP contribution in [0, 0.1) is 0 Å². The third-order valence-electron chi connectivity index (χ3n) is 1.03. The van der Waals surface area contributed by atoms with E-state index in [-0.39, 0.29) is 12.3 Å². The van der Waals surface area contributed by atoms with Crippen molar-refractivity contribution >= 4 is 40.0 Å². The standard InChI is InChI=1S/C5H7BrFN3S2/c1-2-3-11-5-8-4(6)9-10(5)12-7/h2-3H2,1H3. The van der Waals surface area contributed by atoms with Crippen LogP contribution in [0.5, 0.6) is 0 Å². The van der Waals surface area contributed by atoms with Crippen LogP contribution in [0.25, 0.3) is 0 Å². The van der Waals surface area contributed by atoms with Gasteiger partial charge in [0.05, 0.1) is 0 Å². The molecule has 0 amide bonds. The van der Waals surface area contributed by atoms with Crippen LogP contribution in [0.3, 0.4) is 0 Å². The van der Waals surface area contributed by atoms with Crippen molar-refractivity contribution in [3.63, 3.8) is 0 Å². The second kappa shape index (κ2) is 5.08. The molecular weight excluding hydrogens is 265 g/mol. The molecular formula is C5H7BrFN3S2. The summed E-state index contributed by atoms with van der Waals surface area (Å²) in [5.74, 6) is 0.922. The second-order valence-corrected chi connectivity index (χ2v) is 4.21. The van der Waals surface area contributed by atoms with Gasteiger partial charge in [-0.25, -0.2) is 0 Å². The minimum absolute atomic E-state index is 0.0589. The monoisotopic (exact) mass is 271 g/mol. The summed E-state index contributed by atoms with van der Waals surface area (Å²) in [6, 6.07) is 0. The van der Waals surface area contributed by atoms with Gasteiger partial charge in [0.2, 0.25) is 9.89 Å². The van der Waals surface area contributed by atoms with Gasteiger partial charge < -0.3 is 0 Å². The molecule has 0 atom stereocenters. The maximum absolute atomic E-state index is 12.2. The van der Waals surface area contributed by atoms with E-state index >= 15 is 0 Å². The molecule has 7 heteroatoms. The van der Waals surface area contributed by atoms with Gasteiger partial charge in [-0.05, 0) is 22.4 Å². The molecule has 0 aliphatic carbocycles. The van der Waals surface area contributed by atoms with Gasteiger partial charge in [-0.15, -0.1) is 13.1 Å². The highest BCUT2D eigenvalue weighted by Crippen LogP contribution is 2.22. The highest BCUT2D eigenvalue weighted by Gasteiger charge is 2.08. The largest absolute Gasteiger partial charge is 0.219 e. The van der Waals surface area contributed by atoms with Gasteiger partial charge >= 0.3 is 0 Å². The lowest BCUT2D eigenvalue weighted by Crippen LogP contribution is -1.89. The maximum atomic E-state index is 12.2. The predicted molar refractivity (Wildman–Crippen MR) is 52.8 cm³/mol. The summed E-state index contributed by atoms with van der Waals surface area (Å²) in [5, 5.41) is 4.37. The zero-order valence-electron chi connectivity index (χ0n) is 6.33. The molecule has 0 N–H and O–H groups in total. The Balaban J connectivity index is 2.68. The van der Waals surface area contributed by atoms with Crippen molar-refractivity contribution in [2.24, 2.45) is 0 Å². The molecule has 1 rings (SSSR count). The van der Waals surface area contributed by atoms with E-state index in [9.17, 15) is 3.89 Å². The van der Waals surface area contributed by atoms with Gasteiger partial charge in [0.15, 0.2) is 12.3 Å². The molecule has 0 aliphatic heterocycles. The lowest BCUT2D eigenvalue weighted by Gasteiger charge is -1.95. The average Bonchev–Trinajstić information content (AvgIpc) is 2.42. The fourth-order valence-corrected chi connectivity index (χ4v) is 2.28. The smallest absolute Gasteiger partial charge is 0.194 e. The van der Waals surface area contributed by atoms with Gasteiger partial charge in [-0.3, -0.25) is 0 Å². The van der Waals surface area contributed by atoms with Crippen molar-refractivity contribution in [1.82, 2.24) is 14.2 Å². The average molecular weight is 272 g/mol. The van der Waals surface area contributed by atoms with E-state index in [1.165, 1.54) is 11.8 Å². The first-order valence-corrected chi connectivity index (χ1v) is 5.77. The van der Waals surface area contributed by atoms with Crippen molar-refractivity contribution in [3.8, 4) is 0 Å². The fraction of sp³-hybridized carbons (Fsp3) is 0.600. The van der Waals surface area contributed by atoms with E-state index < -0.39 is 0 Å². The molecule has 1 heterocycles. The van der Waals surface area contributed by atoms with Crippen LogP contribution < -0.4 is 0 Å². The molecule has 0 bridgehead atoms. The third-order valence-corrected chi connectivity index (χ3v) is 3.00. The lowest BCUT2D eigenvalue weighted by atomic mass is 10.6. The SMILES string of the molecule is CCCSc1nc(Br)nn1SF. The number of rotatable bonds is 4. The molecule has 0 saturated carbocycles. The van der Waals surface area contributed by atoms with E-state index in [1.807, 2.05) is 0 Å². The Morgan fingerprint density at radius 3 is 3.00 bits per heavy atom. The normalized spacial score (nSPS) is 10.6. The highest BCUT2D eigenvalue weighted by molar-refractivity contribution is 9.10. The Kier molecular flexibility index (Phi) is 4.38. The van der Waals surface area contributed by atoms with E-state index in [2.05, 4.69) is 32.9 Å². The molecule has 0 unspecified atom stereocenters. The number of thioether (sulfide) groups is 1. The van der Waals surface area contributed by atoms with Crippen LogP contribution in [0.2, 0.25) is 0 Å². The summed E-state index contributed by atoms with van der Waals surface area (Å²) in [4.78, 5) is 3.99. The lowest BCUT2D eigenvalue weighted by molar-refractivity contribution is 0.826. The Morgan fingerprint density at radius 2 is 2.42 bits per heavy atom. The Hall–Kier alpha value is 0.250. The van der Waals surface area contributed by atoms with Crippen LogP contribution in [0.4, 0.5) is 3.89 Å². The third kappa shape index (κ3) is 2.63. The number of hydrogen-bond acceptors (Lipinski definition) is 4. The van der Waals surface area contributed by atoms with Crippen LogP contribution in [0.1, 0.15) is 13.3 Å². The quantitative estimate of drug-likeness (QED) is 0.788. The van der Waals surface area contributed by atoms with E-state index in [1.54, 1.807) is 0 Å². The minimum Gasteiger partial charge on any atom is -0.194 e. The summed E-state index contributed by atoms with van der Waals surface area (Å²) in [5.41, 5.74) is 0. The molecule has 0 spiro atoms. The van der Waals surface area contributed by atoms with Gasteiger partial charge in [0, 0.05) is 5.75 Å². The van der Waals surface area contributed by atoms with Crippen LogP contribution in [-0.4, -0.2) is 19.9 Å². The number of halogens is 2. The summed E-state index contributed by atoms with van der Waals surface area (Å²) >= 11 is 4.63. The van der Waals surface area contributed by atoms with Crippen LogP contribution in [-0.2, 0) is 0 Å². The summed E-state index contributed by atoms with van der Waals surface area (Å²) < 4.78 is 13.7. The number of aromatic nitrogens is 3. The van der Waals surface area contributed by atoms with Crippen molar-refractivity contribution in [2.45, 2.75) is 18.5 Å². The molecule has 0 fully saturated rings. The molecule has 0 radical (unpaired) electrons. The molecule has 1 aromatic heterocycles. The molecule has 3 nitrogen and oxygen atoms in total. The van der Waals surface area contributed by atoms with Crippen molar-refractivity contribution in [2.75, 3.05) is 5.75 Å². The number of hydrogen-bond donors (Lipinski definition) is 0. The molecule has 1 aromatic rings. The second-order valence-electron chi connectivity index (χ2n) is 1.95. The molecule has 0 aliphatic rings. The van der Waals surface area contributed by atoms with Gasteiger partial charge in [-0.1, -0.05) is 18.7 Å². The van der Waals surface area contributed by atoms with Gasteiger partial charge in [0.1, 0.15) is 0 Å². The number of nitrogens with zero attached hydrogens (tertiary/aromatic N) is 3. The fourth-order valence-electron chi connectivity index (χ4n) is 0.588. The highest BCUT2D eigenvalue weighted by atomic mass is 79.9. The summed E-state index contributed by atoms with van der Waals surface area (Å²) in [6.07, 6.45) is 1.03. The first-order valence-electron chi connectivity index (χ1n) is 3.32. The summed E-state index contributed by atoms with van der Waals surface area (Å²) in [6.45, 7) is 2.06. The van der Waals surface area contributed by atoms with Crippen molar-refractivity contribution < 1.29 is 3.89 Å². The molecule has 68 valence electrons. The van der Waals surface area contributed by atoms with Crippen LogP contribution in [0.15, 0.2) is 9.89 Å². The Labute approximate surface area is 87.1 Å². The van der Waals surface area contributed by atoms with Crippen LogP contribution >= 0.6 is 40.0 Å². The minimum atomic E-state index is 0.0589. The van der Waals surface area contributed by atoms with Gasteiger partial charge in [-0.2, -0.15) is 4.98 Å². The van der Waals surface area contributed by atoms with E-state index in [0.717, 1.165) is 16.3 Å². The predicted octanol–water partition coefficient (Wildman–Crippen LogP) is 2.92. The maximum Gasteiger partial charge on any atom is 0.219 e. The Morgan fingerprint density at radius 1 is 1.67 bits per heavy atom. The topological polar surface area (TPSA) is 30.7 Å². The zero-order valence-corrected chi connectivity index (χ0v) is 9.55. The van der Waals surface area contributed by atoms with Gasteiger partial charge in [0.25, 0.3) is 0 Å². The van der Waals surface area contributed by atoms with E-state index in [4.69, 9.17) is 0 Å². The summed E-state index contributed by atoms with van der Waals surface area (Å²) in [7, 11) is 0. The first kappa shape index (κ1) is 10.3. The van der Waals surface area contributed by atoms with Crippen molar-refractivity contribution in [3.05, 3.63) is 4.73 Å². The Bertz CT molecular complexity index is 255. The van der Waals surface area contributed by atoms with E-state index in [0.29, 0.717) is 9.89 Å². The van der Waals surface area contributed by atoms with Crippen molar-refractivity contribution in [1.29, 1.82) is 0 Å². The molecule has 12 heavy (non-hydrogen) atoms.